The van der Waals surface area contributed by atoms with Crippen LogP contribution < -0.4 is 10.2 Å². The van der Waals surface area contributed by atoms with Gasteiger partial charge in [0.25, 0.3) is 11.6 Å². The third-order valence-electron chi connectivity index (χ3n) is 3.52. The van der Waals surface area contributed by atoms with Crippen molar-refractivity contribution in [2.75, 3.05) is 6.61 Å². The van der Waals surface area contributed by atoms with Crippen LogP contribution in [0.2, 0.25) is 5.02 Å². The average Bonchev–Trinajstić information content (AvgIpc) is 3.15. The van der Waals surface area contributed by atoms with Crippen molar-refractivity contribution in [2.24, 2.45) is 5.10 Å². The van der Waals surface area contributed by atoms with E-state index in [4.69, 9.17) is 20.8 Å². The Hall–Kier alpha value is -3.65. The number of carbonyl (C=O) groups excluding carboxylic acids is 1. The molecule has 0 spiro atoms. The fourth-order valence-corrected chi connectivity index (χ4v) is 2.44. The van der Waals surface area contributed by atoms with Gasteiger partial charge in [0.15, 0.2) is 6.61 Å². The molecule has 0 aliphatic carbocycles. The van der Waals surface area contributed by atoms with Crippen LogP contribution in [0.4, 0.5) is 5.69 Å². The van der Waals surface area contributed by atoms with Gasteiger partial charge in [-0.1, -0.05) is 29.8 Å². The van der Waals surface area contributed by atoms with E-state index in [1.165, 1.54) is 18.3 Å². The lowest BCUT2D eigenvalue weighted by Crippen LogP contribution is -2.24. The summed E-state index contributed by atoms with van der Waals surface area (Å²) < 4.78 is 10.9. The molecule has 8 nitrogen and oxygen atoms in total. The molecule has 0 atom stereocenters. The molecule has 0 radical (unpaired) electrons. The van der Waals surface area contributed by atoms with E-state index in [-0.39, 0.29) is 12.3 Å². The third-order valence-corrected chi connectivity index (χ3v) is 3.75. The van der Waals surface area contributed by atoms with Crippen LogP contribution in [0.15, 0.2) is 70.2 Å². The zero-order valence-corrected chi connectivity index (χ0v) is 15.1. The highest BCUT2D eigenvalue weighted by atomic mass is 35.5. The quantitative estimate of drug-likeness (QED) is 0.366. The summed E-state index contributed by atoms with van der Waals surface area (Å²) in [6, 6.07) is 16.1. The van der Waals surface area contributed by atoms with Gasteiger partial charge in [0.1, 0.15) is 17.3 Å². The van der Waals surface area contributed by atoms with E-state index in [9.17, 15) is 14.9 Å². The van der Waals surface area contributed by atoms with E-state index in [0.29, 0.717) is 27.9 Å². The third kappa shape index (κ3) is 5.18. The van der Waals surface area contributed by atoms with Crippen molar-refractivity contribution in [1.29, 1.82) is 0 Å². The Morgan fingerprint density at radius 3 is 2.82 bits per heavy atom. The number of ether oxygens (including phenoxy) is 1. The molecule has 28 heavy (non-hydrogen) atoms. The summed E-state index contributed by atoms with van der Waals surface area (Å²) in [5.74, 6) is 0.833. The standard InChI is InChI=1S/C19H14ClN3O5/c20-14-4-2-6-16(10-14)27-12-19(24)22-21-11-17-7-8-18(28-17)13-3-1-5-15(9-13)23(25)26/h1-11H,12H2,(H,22,24)/b21-11-. The molecule has 0 bridgehead atoms. The Kier molecular flexibility index (Phi) is 6.03. The molecule has 0 fully saturated rings. The summed E-state index contributed by atoms with van der Waals surface area (Å²) in [6.45, 7) is -0.227. The number of hydrazone groups is 1. The highest BCUT2D eigenvalue weighted by Crippen LogP contribution is 2.25. The van der Waals surface area contributed by atoms with E-state index < -0.39 is 10.8 Å². The van der Waals surface area contributed by atoms with Gasteiger partial charge in [-0.2, -0.15) is 5.10 Å². The molecule has 1 N–H and O–H groups in total. The number of benzene rings is 2. The Morgan fingerprint density at radius 1 is 1.21 bits per heavy atom. The second-order valence-electron chi connectivity index (χ2n) is 5.55. The van der Waals surface area contributed by atoms with E-state index >= 15 is 0 Å². The molecule has 1 amide bonds. The van der Waals surface area contributed by atoms with Gasteiger partial charge in [-0.15, -0.1) is 0 Å². The molecule has 3 aromatic rings. The molecule has 0 saturated carbocycles. The van der Waals surface area contributed by atoms with Gasteiger partial charge in [-0.05, 0) is 30.3 Å². The maximum absolute atomic E-state index is 11.7. The zero-order chi connectivity index (χ0) is 19.9. The van der Waals surface area contributed by atoms with E-state index in [0.717, 1.165) is 0 Å². The first-order valence-corrected chi connectivity index (χ1v) is 8.44. The molecular weight excluding hydrogens is 386 g/mol. The molecule has 0 aliphatic heterocycles. The van der Waals surface area contributed by atoms with Gasteiger partial charge in [-0.3, -0.25) is 14.9 Å². The lowest BCUT2D eigenvalue weighted by atomic mass is 10.1. The zero-order valence-electron chi connectivity index (χ0n) is 14.4. The molecular formula is C19H14ClN3O5. The van der Waals surface area contributed by atoms with Crippen molar-refractivity contribution in [2.45, 2.75) is 0 Å². The van der Waals surface area contributed by atoms with Crippen molar-refractivity contribution < 1.29 is 18.9 Å². The molecule has 2 aromatic carbocycles. The van der Waals surface area contributed by atoms with Crippen LogP contribution in [0.3, 0.4) is 0 Å². The highest BCUT2D eigenvalue weighted by molar-refractivity contribution is 6.30. The first kappa shape index (κ1) is 19.1. The van der Waals surface area contributed by atoms with Gasteiger partial charge in [0.05, 0.1) is 11.1 Å². The number of nitrogens with one attached hydrogen (secondary N) is 1. The Bertz CT molecular complexity index is 1030. The number of hydrogen-bond acceptors (Lipinski definition) is 6. The van der Waals surface area contributed by atoms with Crippen LogP contribution in [0, 0.1) is 10.1 Å². The number of furan rings is 1. The van der Waals surface area contributed by atoms with Gasteiger partial charge in [0.2, 0.25) is 0 Å². The van der Waals surface area contributed by atoms with Gasteiger partial charge >= 0.3 is 0 Å². The first-order valence-electron chi connectivity index (χ1n) is 8.06. The van der Waals surface area contributed by atoms with Crippen molar-refractivity contribution in [1.82, 2.24) is 5.43 Å². The topological polar surface area (TPSA) is 107 Å². The SMILES string of the molecule is O=C(COc1cccc(Cl)c1)N/N=C\c1ccc(-c2cccc([N+](=O)[O-])c2)o1. The molecule has 0 unspecified atom stereocenters. The second-order valence-corrected chi connectivity index (χ2v) is 5.99. The summed E-state index contributed by atoms with van der Waals surface area (Å²) >= 11 is 5.83. The maximum atomic E-state index is 11.7. The predicted molar refractivity (Wildman–Crippen MR) is 103 cm³/mol. The maximum Gasteiger partial charge on any atom is 0.277 e. The molecule has 9 heteroatoms. The first-order chi connectivity index (χ1) is 13.5. The predicted octanol–water partition coefficient (Wildman–Crippen LogP) is 4.04. The minimum atomic E-state index is -0.476. The van der Waals surface area contributed by atoms with Crippen LogP contribution in [0.25, 0.3) is 11.3 Å². The largest absolute Gasteiger partial charge is 0.484 e. The fourth-order valence-electron chi connectivity index (χ4n) is 2.26. The minimum absolute atomic E-state index is 0.0314. The number of rotatable bonds is 7. The molecule has 1 heterocycles. The number of hydrogen-bond donors (Lipinski definition) is 1. The smallest absolute Gasteiger partial charge is 0.277 e. The Balaban J connectivity index is 1.54. The van der Waals surface area contributed by atoms with E-state index in [2.05, 4.69) is 10.5 Å². The van der Waals surface area contributed by atoms with Crippen LogP contribution in [0.5, 0.6) is 5.75 Å². The van der Waals surface area contributed by atoms with Crippen molar-refractivity contribution in [3.8, 4) is 17.1 Å². The summed E-state index contributed by atoms with van der Waals surface area (Å²) in [4.78, 5) is 22.1. The monoisotopic (exact) mass is 399 g/mol. The molecule has 0 aliphatic rings. The van der Waals surface area contributed by atoms with Gasteiger partial charge in [0, 0.05) is 22.7 Å². The minimum Gasteiger partial charge on any atom is -0.484 e. The fraction of sp³-hybridized carbons (Fsp3) is 0.0526. The lowest BCUT2D eigenvalue weighted by Gasteiger charge is -2.04. The van der Waals surface area contributed by atoms with Crippen LogP contribution in [-0.2, 0) is 4.79 Å². The number of carbonyl (C=O) groups is 1. The Morgan fingerprint density at radius 2 is 2.04 bits per heavy atom. The lowest BCUT2D eigenvalue weighted by molar-refractivity contribution is -0.384. The molecule has 142 valence electrons. The molecule has 3 rings (SSSR count). The summed E-state index contributed by atoms with van der Waals surface area (Å²) in [5, 5.41) is 15.2. The number of non-ortho nitro benzene ring substituents is 1. The summed E-state index contributed by atoms with van der Waals surface area (Å²) in [6.07, 6.45) is 1.32. The molecule has 0 saturated heterocycles. The number of amides is 1. The number of nitro benzene ring substituents is 1. The normalized spacial score (nSPS) is 10.8. The Labute approximate surface area is 164 Å². The van der Waals surface area contributed by atoms with Crippen molar-refractivity contribution >= 4 is 29.4 Å². The number of nitrogens with zero attached hydrogens (tertiary/aromatic N) is 2. The van der Waals surface area contributed by atoms with Crippen LogP contribution >= 0.6 is 11.6 Å². The van der Waals surface area contributed by atoms with E-state index in [1.807, 2.05) is 0 Å². The number of halogens is 1. The summed E-state index contributed by atoms with van der Waals surface area (Å²) in [7, 11) is 0. The van der Waals surface area contributed by atoms with Gasteiger partial charge < -0.3 is 9.15 Å². The van der Waals surface area contributed by atoms with E-state index in [1.54, 1.807) is 48.5 Å². The average molecular weight is 400 g/mol. The van der Waals surface area contributed by atoms with Crippen LogP contribution in [-0.4, -0.2) is 23.7 Å². The van der Waals surface area contributed by atoms with Crippen molar-refractivity contribution in [3.05, 3.63) is 81.6 Å². The van der Waals surface area contributed by atoms with Gasteiger partial charge in [-0.25, -0.2) is 5.43 Å². The highest BCUT2D eigenvalue weighted by Gasteiger charge is 2.10. The van der Waals surface area contributed by atoms with Crippen molar-refractivity contribution in [3.63, 3.8) is 0 Å². The second kappa shape index (κ2) is 8.83. The number of nitro groups is 1. The molecule has 1 aromatic heterocycles. The summed E-state index contributed by atoms with van der Waals surface area (Å²) in [5.41, 5.74) is 2.84. The van der Waals surface area contributed by atoms with Crippen LogP contribution in [0.1, 0.15) is 5.76 Å².